The summed E-state index contributed by atoms with van der Waals surface area (Å²) in [5, 5.41) is 5.48. The molecule has 0 aliphatic carbocycles. The van der Waals surface area contributed by atoms with Gasteiger partial charge in [-0.15, -0.1) is 0 Å². The number of esters is 1. The van der Waals surface area contributed by atoms with Gasteiger partial charge in [-0.3, -0.25) is 14.4 Å². The van der Waals surface area contributed by atoms with Crippen LogP contribution in [0.3, 0.4) is 0 Å². The first kappa shape index (κ1) is 28.1. The number of methoxy groups -OCH3 is 1. The highest BCUT2D eigenvalue weighted by Crippen LogP contribution is 2.14. The maximum Gasteiger partial charge on any atom is 0.305 e. The van der Waals surface area contributed by atoms with Crippen LogP contribution in [0.2, 0.25) is 0 Å². The van der Waals surface area contributed by atoms with E-state index in [-0.39, 0.29) is 30.6 Å². The van der Waals surface area contributed by atoms with Crippen LogP contribution < -0.4 is 15.4 Å². The first-order valence-corrected chi connectivity index (χ1v) is 11.6. The van der Waals surface area contributed by atoms with Crippen molar-refractivity contribution in [2.45, 2.75) is 77.8 Å². The summed E-state index contributed by atoms with van der Waals surface area (Å²) >= 11 is 0. The van der Waals surface area contributed by atoms with Gasteiger partial charge in [-0.1, -0.05) is 39.3 Å². The van der Waals surface area contributed by atoms with Crippen LogP contribution >= 0.6 is 0 Å². The third kappa shape index (κ3) is 11.5. The molecule has 1 unspecified atom stereocenters. The third-order valence-electron chi connectivity index (χ3n) is 5.17. The number of carbonyl (C=O) groups excluding carboxylic acids is 4. The molecule has 0 saturated carbocycles. The normalized spacial score (nSPS) is 12.5. The van der Waals surface area contributed by atoms with Crippen molar-refractivity contribution in [3.63, 3.8) is 0 Å². The number of carbonyl (C=O) groups is 4. The number of benzene rings is 1. The van der Waals surface area contributed by atoms with Crippen LogP contribution in [0.1, 0.15) is 64.9 Å². The summed E-state index contributed by atoms with van der Waals surface area (Å²) in [5.41, 5.74) is 0.894. The maximum absolute atomic E-state index is 12.8. The number of hydrogen-bond donors (Lipinski definition) is 2. The van der Waals surface area contributed by atoms with E-state index < -0.39 is 18.0 Å². The molecule has 0 heterocycles. The van der Waals surface area contributed by atoms with Gasteiger partial charge >= 0.3 is 5.97 Å². The predicted octanol–water partition coefficient (Wildman–Crippen LogP) is 2.97. The molecule has 184 valence electrons. The molecule has 8 nitrogen and oxygen atoms in total. The highest BCUT2D eigenvalue weighted by molar-refractivity contribution is 5.89. The Morgan fingerprint density at radius 1 is 1.00 bits per heavy atom. The van der Waals surface area contributed by atoms with Gasteiger partial charge in [0.1, 0.15) is 18.1 Å². The molecule has 0 spiro atoms. The molecule has 0 aromatic heterocycles. The van der Waals surface area contributed by atoms with Crippen molar-refractivity contribution in [3.8, 4) is 5.75 Å². The molecule has 2 amide bonds. The molecular weight excluding hydrogens is 424 g/mol. The minimum absolute atomic E-state index is 0.157. The summed E-state index contributed by atoms with van der Waals surface area (Å²) < 4.78 is 10.2. The van der Waals surface area contributed by atoms with E-state index in [0.29, 0.717) is 32.2 Å². The van der Waals surface area contributed by atoms with Gasteiger partial charge in [0.15, 0.2) is 0 Å². The monoisotopic (exact) mass is 462 g/mol. The van der Waals surface area contributed by atoms with Gasteiger partial charge in [-0.2, -0.15) is 0 Å². The molecule has 8 heteroatoms. The fourth-order valence-corrected chi connectivity index (χ4v) is 3.15. The lowest BCUT2D eigenvalue weighted by Crippen LogP contribution is -2.52. The maximum atomic E-state index is 12.8. The summed E-state index contributed by atoms with van der Waals surface area (Å²) in [5.74, 6) is -0.364. The van der Waals surface area contributed by atoms with Crippen LogP contribution in [-0.2, 0) is 30.3 Å². The first-order chi connectivity index (χ1) is 15.8. The standard InChI is InChI=1S/C25H38N2O6/c1-5-6-15-33-21-13-11-19(12-14-21)16-20(17-28)26-25(31)24(18(2)3)27-22(29)9-7-8-10-23(30)32-4/h11-14,17-18,20,24H,5-10,15-16H2,1-4H3,(H,26,31)(H,27,29)/t20?,24-/m0/s1. The molecule has 0 aliphatic heterocycles. The summed E-state index contributed by atoms with van der Waals surface area (Å²) in [6.07, 6.45) is 4.61. The molecule has 0 bridgehead atoms. The lowest BCUT2D eigenvalue weighted by Gasteiger charge is -2.23. The Kier molecular flexibility index (Phi) is 13.5. The van der Waals surface area contributed by atoms with Gasteiger partial charge in [0.05, 0.1) is 19.8 Å². The van der Waals surface area contributed by atoms with Gasteiger partial charge in [-0.05, 0) is 49.3 Å². The lowest BCUT2D eigenvalue weighted by molar-refractivity contribution is -0.140. The van der Waals surface area contributed by atoms with E-state index in [2.05, 4.69) is 22.3 Å². The van der Waals surface area contributed by atoms with Crippen LogP contribution in [-0.4, -0.2) is 49.9 Å². The van der Waals surface area contributed by atoms with Crippen molar-refractivity contribution in [1.29, 1.82) is 0 Å². The Hall–Kier alpha value is -2.90. The van der Waals surface area contributed by atoms with Crippen molar-refractivity contribution in [2.75, 3.05) is 13.7 Å². The number of hydrogen-bond acceptors (Lipinski definition) is 6. The lowest BCUT2D eigenvalue weighted by atomic mass is 10.0. The molecule has 0 radical (unpaired) electrons. The molecule has 33 heavy (non-hydrogen) atoms. The highest BCUT2D eigenvalue weighted by Gasteiger charge is 2.26. The third-order valence-corrected chi connectivity index (χ3v) is 5.17. The topological polar surface area (TPSA) is 111 Å². The fraction of sp³-hybridized carbons (Fsp3) is 0.600. The molecule has 2 atom stereocenters. The molecule has 1 rings (SSSR count). The second-order valence-corrected chi connectivity index (χ2v) is 8.37. The second-order valence-electron chi connectivity index (χ2n) is 8.37. The van der Waals surface area contributed by atoms with Crippen molar-refractivity contribution in [3.05, 3.63) is 29.8 Å². The Labute approximate surface area is 196 Å². The molecular formula is C25H38N2O6. The van der Waals surface area contributed by atoms with Crippen molar-refractivity contribution >= 4 is 24.1 Å². The van der Waals surface area contributed by atoms with Gasteiger partial charge in [0.2, 0.25) is 11.8 Å². The molecule has 0 fully saturated rings. The second kappa shape index (κ2) is 15.8. The largest absolute Gasteiger partial charge is 0.494 e. The number of rotatable bonds is 16. The number of nitrogens with one attached hydrogen (secondary N) is 2. The number of unbranched alkanes of at least 4 members (excludes halogenated alkanes) is 2. The Morgan fingerprint density at radius 3 is 2.24 bits per heavy atom. The minimum Gasteiger partial charge on any atom is -0.494 e. The van der Waals surface area contributed by atoms with Crippen LogP contribution in [0.25, 0.3) is 0 Å². The van der Waals surface area contributed by atoms with E-state index in [1.54, 1.807) is 0 Å². The summed E-state index contributed by atoms with van der Waals surface area (Å²) in [6, 6.07) is 6.00. The molecule has 2 N–H and O–H groups in total. The molecule has 0 saturated heterocycles. The summed E-state index contributed by atoms with van der Waals surface area (Å²) in [6.45, 7) is 6.42. The van der Waals surface area contributed by atoms with Crippen LogP contribution in [0.4, 0.5) is 0 Å². The van der Waals surface area contributed by atoms with E-state index in [9.17, 15) is 19.2 Å². The van der Waals surface area contributed by atoms with Crippen LogP contribution in [0.5, 0.6) is 5.75 Å². The quantitative estimate of drug-likeness (QED) is 0.222. The predicted molar refractivity (Wildman–Crippen MR) is 126 cm³/mol. The van der Waals surface area contributed by atoms with Gasteiger partial charge in [-0.25, -0.2) is 0 Å². The Bertz CT molecular complexity index is 748. The van der Waals surface area contributed by atoms with E-state index in [1.807, 2.05) is 38.1 Å². The Balaban J connectivity index is 2.57. The smallest absolute Gasteiger partial charge is 0.305 e. The minimum atomic E-state index is -0.755. The average Bonchev–Trinajstić information content (AvgIpc) is 2.80. The van der Waals surface area contributed by atoms with E-state index in [0.717, 1.165) is 24.2 Å². The van der Waals surface area contributed by atoms with Crippen molar-refractivity contribution < 1.29 is 28.7 Å². The zero-order valence-electron chi connectivity index (χ0n) is 20.2. The number of ether oxygens (including phenoxy) is 2. The first-order valence-electron chi connectivity index (χ1n) is 11.6. The number of amides is 2. The molecule has 0 aliphatic rings. The zero-order valence-corrected chi connectivity index (χ0v) is 20.2. The van der Waals surface area contributed by atoms with Crippen molar-refractivity contribution in [2.24, 2.45) is 5.92 Å². The zero-order chi connectivity index (χ0) is 24.6. The SMILES string of the molecule is CCCCOc1ccc(CC(C=O)NC(=O)[C@@H](NC(=O)CCCCC(=O)OC)C(C)C)cc1. The van der Waals surface area contributed by atoms with Crippen molar-refractivity contribution in [1.82, 2.24) is 10.6 Å². The van der Waals surface area contributed by atoms with Gasteiger partial charge in [0.25, 0.3) is 0 Å². The fourth-order valence-electron chi connectivity index (χ4n) is 3.15. The molecule has 1 aromatic rings. The Morgan fingerprint density at radius 2 is 1.67 bits per heavy atom. The van der Waals surface area contributed by atoms with Gasteiger partial charge in [0, 0.05) is 12.8 Å². The summed E-state index contributed by atoms with van der Waals surface area (Å²) in [7, 11) is 1.32. The van der Waals surface area contributed by atoms with Crippen LogP contribution in [0, 0.1) is 5.92 Å². The van der Waals surface area contributed by atoms with E-state index in [1.165, 1.54) is 7.11 Å². The summed E-state index contributed by atoms with van der Waals surface area (Å²) in [4.78, 5) is 47.8. The average molecular weight is 463 g/mol. The highest BCUT2D eigenvalue weighted by atomic mass is 16.5. The van der Waals surface area contributed by atoms with Crippen LogP contribution in [0.15, 0.2) is 24.3 Å². The molecule has 1 aromatic carbocycles. The van der Waals surface area contributed by atoms with Gasteiger partial charge < -0.3 is 24.9 Å². The van der Waals surface area contributed by atoms with E-state index in [4.69, 9.17) is 4.74 Å². The van der Waals surface area contributed by atoms with E-state index >= 15 is 0 Å². The number of aldehydes is 1.